The molecule has 2 aliphatic rings. The van der Waals surface area contributed by atoms with Crippen molar-refractivity contribution in [3.8, 4) is 11.3 Å². The van der Waals surface area contributed by atoms with Gasteiger partial charge in [0.1, 0.15) is 17.0 Å². The molecule has 0 bridgehead atoms. The summed E-state index contributed by atoms with van der Waals surface area (Å²) >= 11 is 0. The summed E-state index contributed by atoms with van der Waals surface area (Å²) in [5.74, 6) is 0.644. The van der Waals surface area contributed by atoms with Crippen LogP contribution in [0.2, 0.25) is 0 Å². The minimum atomic E-state index is -0.122. The molecule has 34 heavy (non-hydrogen) atoms. The van der Waals surface area contributed by atoms with Crippen molar-refractivity contribution >= 4 is 28.4 Å². The van der Waals surface area contributed by atoms with E-state index in [4.69, 9.17) is 14.8 Å². The molecular weight excluding hydrogens is 434 g/mol. The summed E-state index contributed by atoms with van der Waals surface area (Å²) in [5.41, 5.74) is 3.70. The lowest BCUT2D eigenvalue weighted by Gasteiger charge is -2.26. The third kappa shape index (κ3) is 3.78. The Balaban J connectivity index is 0.00000117. The van der Waals surface area contributed by atoms with Gasteiger partial charge in [0.2, 0.25) is 0 Å². The van der Waals surface area contributed by atoms with Crippen LogP contribution in [0.15, 0.2) is 36.8 Å². The normalized spacial score (nSPS) is 17.9. The highest BCUT2D eigenvalue weighted by molar-refractivity contribution is 6.01. The topological polar surface area (TPSA) is 119 Å². The highest BCUT2D eigenvalue weighted by Crippen LogP contribution is 2.34. The van der Waals surface area contributed by atoms with E-state index in [1.54, 1.807) is 10.7 Å². The zero-order chi connectivity index (χ0) is 23.7. The molecule has 4 aromatic heterocycles. The summed E-state index contributed by atoms with van der Waals surface area (Å²) < 4.78 is 9.50. The standard InChI is InChI=1S/C23H25N7O2.CH4O/c1-24-20-10-19(28-22-17(11-26-30(20)22)23(31)27-14-4-2-5-14)18-12-29(15-7-9-32-13-15)21-16(18)6-3-8-25-21;1-2/h3,6,8,10-12,14-15,24H,2,4-5,7,9,13H2,1H3,(H,27,31);2H,1H3. The van der Waals surface area contributed by atoms with Gasteiger partial charge in [-0.05, 0) is 37.8 Å². The summed E-state index contributed by atoms with van der Waals surface area (Å²) in [5, 5.41) is 18.7. The Hall–Kier alpha value is -3.50. The molecule has 178 valence electrons. The summed E-state index contributed by atoms with van der Waals surface area (Å²) in [6, 6.07) is 6.48. The number of carbonyl (C=O) groups excluding carboxylic acids is 1. The van der Waals surface area contributed by atoms with Crippen LogP contribution < -0.4 is 10.6 Å². The van der Waals surface area contributed by atoms with Gasteiger partial charge in [-0.25, -0.2) is 9.97 Å². The van der Waals surface area contributed by atoms with E-state index in [1.807, 2.05) is 25.4 Å². The van der Waals surface area contributed by atoms with E-state index < -0.39 is 0 Å². The van der Waals surface area contributed by atoms with Gasteiger partial charge in [0.05, 0.1) is 24.5 Å². The number of rotatable bonds is 5. The van der Waals surface area contributed by atoms with Gasteiger partial charge < -0.3 is 25.0 Å². The molecule has 1 aliphatic carbocycles. The molecule has 1 atom stereocenters. The number of anilines is 1. The Morgan fingerprint density at radius 2 is 2.09 bits per heavy atom. The molecule has 10 nitrogen and oxygen atoms in total. The Labute approximate surface area is 197 Å². The number of nitrogens with zero attached hydrogens (tertiary/aromatic N) is 5. The zero-order valence-corrected chi connectivity index (χ0v) is 19.4. The van der Waals surface area contributed by atoms with Crippen molar-refractivity contribution in [2.45, 2.75) is 37.8 Å². The molecule has 1 amide bonds. The zero-order valence-electron chi connectivity index (χ0n) is 19.4. The van der Waals surface area contributed by atoms with Gasteiger partial charge in [0, 0.05) is 56.2 Å². The fraction of sp³-hybridized carbons (Fsp3) is 0.417. The molecule has 6 rings (SSSR count). The lowest BCUT2D eigenvalue weighted by molar-refractivity contribution is 0.0918. The molecule has 4 aromatic rings. The van der Waals surface area contributed by atoms with E-state index in [-0.39, 0.29) is 18.0 Å². The largest absolute Gasteiger partial charge is 0.400 e. The summed E-state index contributed by atoms with van der Waals surface area (Å²) in [4.78, 5) is 22.5. The molecule has 0 spiro atoms. The minimum absolute atomic E-state index is 0.122. The van der Waals surface area contributed by atoms with E-state index in [2.05, 4.69) is 37.5 Å². The highest BCUT2D eigenvalue weighted by Gasteiger charge is 2.25. The molecule has 0 aromatic carbocycles. The van der Waals surface area contributed by atoms with Crippen molar-refractivity contribution in [3.05, 3.63) is 42.4 Å². The number of aromatic nitrogens is 5. The molecule has 0 radical (unpaired) electrons. The first-order valence-corrected chi connectivity index (χ1v) is 11.6. The van der Waals surface area contributed by atoms with E-state index in [0.29, 0.717) is 17.8 Å². The van der Waals surface area contributed by atoms with E-state index in [1.165, 1.54) is 0 Å². The van der Waals surface area contributed by atoms with Gasteiger partial charge in [-0.3, -0.25) is 4.79 Å². The number of aliphatic hydroxyl groups excluding tert-OH is 1. The lowest BCUT2D eigenvalue weighted by Crippen LogP contribution is -2.39. The van der Waals surface area contributed by atoms with Crippen molar-refractivity contribution in [2.24, 2.45) is 0 Å². The number of amides is 1. The van der Waals surface area contributed by atoms with Crippen molar-refractivity contribution in [1.82, 2.24) is 29.5 Å². The SMILES string of the molecule is CNc1cc(-c2cn(C3CCOC3)c3ncccc23)nc2c(C(=O)NC3CCC3)cnn12.CO. The Morgan fingerprint density at radius 1 is 1.24 bits per heavy atom. The molecule has 5 heterocycles. The smallest absolute Gasteiger partial charge is 0.256 e. The Kier molecular flexibility index (Phi) is 6.16. The minimum Gasteiger partial charge on any atom is -0.400 e. The third-order valence-corrected chi connectivity index (χ3v) is 6.58. The first-order valence-electron chi connectivity index (χ1n) is 11.6. The van der Waals surface area contributed by atoms with Crippen LogP contribution in [0.4, 0.5) is 5.82 Å². The van der Waals surface area contributed by atoms with Gasteiger partial charge in [-0.2, -0.15) is 9.61 Å². The molecule has 3 N–H and O–H groups in total. The van der Waals surface area contributed by atoms with Crippen LogP contribution in [0.5, 0.6) is 0 Å². The number of nitrogens with one attached hydrogen (secondary N) is 2. The maximum Gasteiger partial charge on any atom is 0.256 e. The number of hydrogen-bond donors (Lipinski definition) is 3. The van der Waals surface area contributed by atoms with Crippen molar-refractivity contribution in [3.63, 3.8) is 0 Å². The number of fused-ring (bicyclic) bond motifs is 2. The molecule has 1 saturated heterocycles. The number of pyridine rings is 1. The Morgan fingerprint density at radius 3 is 2.79 bits per heavy atom. The van der Waals surface area contributed by atoms with Gasteiger partial charge >= 0.3 is 0 Å². The van der Waals surface area contributed by atoms with E-state index in [0.717, 1.165) is 67.5 Å². The summed E-state index contributed by atoms with van der Waals surface area (Å²) in [6.45, 7) is 1.44. The molecule has 1 unspecified atom stereocenters. The Bertz CT molecular complexity index is 1320. The lowest BCUT2D eigenvalue weighted by atomic mass is 9.93. The van der Waals surface area contributed by atoms with E-state index in [9.17, 15) is 4.79 Å². The van der Waals surface area contributed by atoms with Crippen LogP contribution in [0.25, 0.3) is 27.9 Å². The average molecular weight is 464 g/mol. The first kappa shape index (κ1) is 22.3. The first-order chi connectivity index (χ1) is 16.7. The predicted octanol–water partition coefficient (Wildman–Crippen LogP) is 2.64. The second-order valence-electron chi connectivity index (χ2n) is 8.51. The fourth-order valence-electron chi connectivity index (χ4n) is 4.56. The number of carbonyl (C=O) groups is 1. The van der Waals surface area contributed by atoms with E-state index >= 15 is 0 Å². The van der Waals surface area contributed by atoms with Crippen molar-refractivity contribution in [1.29, 1.82) is 0 Å². The molecule has 2 fully saturated rings. The van der Waals surface area contributed by atoms with Gasteiger partial charge in [0.25, 0.3) is 5.91 Å². The monoisotopic (exact) mass is 463 g/mol. The van der Waals surface area contributed by atoms with Crippen LogP contribution in [0.1, 0.15) is 42.1 Å². The fourth-order valence-corrected chi connectivity index (χ4v) is 4.56. The number of ether oxygens (including phenoxy) is 1. The van der Waals surface area contributed by atoms with Crippen LogP contribution >= 0.6 is 0 Å². The molecule has 1 saturated carbocycles. The van der Waals surface area contributed by atoms with Crippen LogP contribution in [0.3, 0.4) is 0 Å². The molecular formula is C24H29N7O3. The number of hydrogen-bond acceptors (Lipinski definition) is 7. The van der Waals surface area contributed by atoms with Gasteiger partial charge in [-0.15, -0.1) is 0 Å². The maximum atomic E-state index is 12.9. The summed E-state index contributed by atoms with van der Waals surface area (Å²) in [7, 11) is 2.84. The van der Waals surface area contributed by atoms with Crippen LogP contribution in [-0.2, 0) is 4.74 Å². The van der Waals surface area contributed by atoms with Gasteiger partial charge in [0.15, 0.2) is 5.65 Å². The molecule has 1 aliphatic heterocycles. The number of aliphatic hydroxyl groups is 1. The quantitative estimate of drug-likeness (QED) is 0.416. The van der Waals surface area contributed by atoms with Crippen LogP contribution in [0, 0.1) is 0 Å². The van der Waals surface area contributed by atoms with Gasteiger partial charge in [-0.1, -0.05) is 0 Å². The molecule has 10 heteroatoms. The average Bonchev–Trinajstić information content (AvgIpc) is 3.60. The maximum absolute atomic E-state index is 12.9. The van der Waals surface area contributed by atoms with Crippen molar-refractivity contribution < 1.29 is 14.6 Å². The predicted molar refractivity (Wildman–Crippen MR) is 129 cm³/mol. The highest BCUT2D eigenvalue weighted by atomic mass is 16.5. The second kappa shape index (κ2) is 9.40. The third-order valence-electron chi connectivity index (χ3n) is 6.58. The second-order valence-corrected chi connectivity index (χ2v) is 8.51. The van der Waals surface area contributed by atoms with Crippen LogP contribution in [-0.4, -0.2) is 68.6 Å². The van der Waals surface area contributed by atoms with Crippen molar-refractivity contribution in [2.75, 3.05) is 32.7 Å². The summed E-state index contributed by atoms with van der Waals surface area (Å²) in [6.07, 6.45) is 9.71.